The number of benzene rings is 1. The number of nitrogens with zero attached hydrogens (tertiary/aromatic N) is 3. The number of aromatic nitrogens is 2. The molecule has 2 heterocycles. The van der Waals surface area contributed by atoms with Crippen LogP contribution in [0.4, 0.5) is 22.1 Å². The second-order valence-corrected chi connectivity index (χ2v) is 5.86. The molecule has 2 aromatic rings. The van der Waals surface area contributed by atoms with Crippen molar-refractivity contribution >= 4 is 23.4 Å². The Labute approximate surface area is 147 Å². The number of hydrogen-bond acceptors (Lipinski definition) is 5. The summed E-state index contributed by atoms with van der Waals surface area (Å²) >= 11 is 0. The van der Waals surface area contributed by atoms with Crippen molar-refractivity contribution in [3.8, 4) is 5.75 Å². The van der Waals surface area contributed by atoms with Crippen LogP contribution < -0.4 is 20.3 Å². The topological polar surface area (TPSA) is 79.4 Å². The number of amides is 2. The average Bonchev–Trinajstić information content (AvgIpc) is 2.65. The van der Waals surface area contributed by atoms with E-state index in [2.05, 4.69) is 25.5 Å². The molecule has 1 aliphatic heterocycles. The third-order valence-electron chi connectivity index (χ3n) is 3.96. The van der Waals surface area contributed by atoms with Gasteiger partial charge in [0.05, 0.1) is 24.7 Å². The minimum Gasteiger partial charge on any atom is -0.494 e. The first-order chi connectivity index (χ1) is 12.2. The fourth-order valence-corrected chi connectivity index (χ4v) is 2.74. The van der Waals surface area contributed by atoms with Crippen molar-refractivity contribution in [3.05, 3.63) is 36.7 Å². The first-order valence-electron chi connectivity index (χ1n) is 8.62. The van der Waals surface area contributed by atoms with E-state index < -0.39 is 0 Å². The van der Waals surface area contributed by atoms with E-state index in [-0.39, 0.29) is 6.03 Å². The molecule has 0 unspecified atom stereocenters. The highest BCUT2D eigenvalue weighted by atomic mass is 16.5. The zero-order valence-corrected chi connectivity index (χ0v) is 14.4. The molecule has 132 valence electrons. The van der Waals surface area contributed by atoms with E-state index in [0.717, 1.165) is 24.8 Å². The van der Waals surface area contributed by atoms with E-state index in [4.69, 9.17) is 4.74 Å². The maximum atomic E-state index is 12.1. The summed E-state index contributed by atoms with van der Waals surface area (Å²) in [7, 11) is 0. The van der Waals surface area contributed by atoms with Crippen LogP contribution in [0.1, 0.15) is 26.2 Å². The molecule has 3 rings (SSSR count). The van der Waals surface area contributed by atoms with Gasteiger partial charge in [0.1, 0.15) is 5.75 Å². The first kappa shape index (κ1) is 17.0. The molecule has 1 aromatic carbocycles. The van der Waals surface area contributed by atoms with Crippen molar-refractivity contribution in [1.82, 2.24) is 9.97 Å². The minimum atomic E-state index is -0.335. The van der Waals surface area contributed by atoms with Crippen LogP contribution in [-0.2, 0) is 0 Å². The van der Waals surface area contributed by atoms with E-state index in [1.165, 1.54) is 19.3 Å². The van der Waals surface area contributed by atoms with Gasteiger partial charge < -0.3 is 20.3 Å². The highest BCUT2D eigenvalue weighted by Gasteiger charge is 2.13. The average molecular weight is 341 g/mol. The third kappa shape index (κ3) is 4.82. The molecule has 7 nitrogen and oxygen atoms in total. The fourth-order valence-electron chi connectivity index (χ4n) is 2.74. The summed E-state index contributed by atoms with van der Waals surface area (Å²) in [5.74, 6) is 1.49. The normalized spacial score (nSPS) is 14.0. The molecule has 0 aliphatic carbocycles. The molecule has 2 amide bonds. The van der Waals surface area contributed by atoms with Gasteiger partial charge in [-0.15, -0.1) is 0 Å². The van der Waals surface area contributed by atoms with Crippen LogP contribution in [0, 0.1) is 0 Å². The number of carbonyl (C=O) groups is 1. The molecule has 0 radical (unpaired) electrons. The number of hydrogen-bond donors (Lipinski definition) is 2. The molecule has 7 heteroatoms. The van der Waals surface area contributed by atoms with Gasteiger partial charge in [0.2, 0.25) is 5.95 Å². The number of nitrogens with one attached hydrogen (secondary N) is 2. The molecule has 1 aliphatic rings. The summed E-state index contributed by atoms with van der Waals surface area (Å²) in [5, 5.41) is 5.50. The van der Waals surface area contributed by atoms with Crippen LogP contribution in [0.2, 0.25) is 0 Å². The molecule has 0 bridgehead atoms. The van der Waals surface area contributed by atoms with Crippen LogP contribution in [0.25, 0.3) is 0 Å². The van der Waals surface area contributed by atoms with Crippen LogP contribution in [0.5, 0.6) is 5.75 Å². The van der Waals surface area contributed by atoms with Gasteiger partial charge in [-0.3, -0.25) is 0 Å². The van der Waals surface area contributed by atoms with Gasteiger partial charge in [-0.2, -0.15) is 0 Å². The maximum Gasteiger partial charge on any atom is 0.323 e. The largest absolute Gasteiger partial charge is 0.494 e. The van der Waals surface area contributed by atoms with E-state index in [1.54, 1.807) is 24.5 Å². The Balaban J connectivity index is 1.53. The number of urea groups is 1. The van der Waals surface area contributed by atoms with E-state index >= 15 is 0 Å². The van der Waals surface area contributed by atoms with Crippen LogP contribution >= 0.6 is 0 Å². The lowest BCUT2D eigenvalue weighted by molar-refractivity contribution is 0.262. The lowest BCUT2D eigenvalue weighted by Gasteiger charge is -2.26. The van der Waals surface area contributed by atoms with Gasteiger partial charge in [0.25, 0.3) is 0 Å². The summed E-state index contributed by atoms with van der Waals surface area (Å²) in [6.07, 6.45) is 6.88. The highest BCUT2D eigenvalue weighted by Crippen LogP contribution is 2.17. The van der Waals surface area contributed by atoms with Gasteiger partial charge in [0.15, 0.2) is 0 Å². The highest BCUT2D eigenvalue weighted by molar-refractivity contribution is 5.99. The Morgan fingerprint density at radius 3 is 2.32 bits per heavy atom. The molecule has 0 atom stereocenters. The minimum absolute atomic E-state index is 0.335. The molecule has 0 saturated carbocycles. The van der Waals surface area contributed by atoms with Gasteiger partial charge >= 0.3 is 6.03 Å². The van der Waals surface area contributed by atoms with E-state index in [9.17, 15) is 4.79 Å². The van der Waals surface area contributed by atoms with Crippen molar-refractivity contribution in [1.29, 1.82) is 0 Å². The SMILES string of the molecule is CCOc1ccc(NC(=O)Nc2cnc(N3CCCCC3)nc2)cc1. The fraction of sp³-hybridized carbons (Fsp3) is 0.389. The third-order valence-corrected chi connectivity index (χ3v) is 3.96. The zero-order valence-electron chi connectivity index (χ0n) is 14.4. The molecule has 1 saturated heterocycles. The standard InChI is InChI=1S/C18H23N5O2/c1-2-25-16-8-6-14(7-9-16)21-18(24)22-15-12-19-17(20-13-15)23-10-4-3-5-11-23/h6-9,12-13H,2-5,10-11H2,1H3,(H2,21,22,24). The Morgan fingerprint density at radius 1 is 1.04 bits per heavy atom. The van der Waals surface area contributed by atoms with Crippen molar-refractivity contribution in [2.45, 2.75) is 26.2 Å². The summed E-state index contributed by atoms with van der Waals surface area (Å²) < 4.78 is 5.37. The summed E-state index contributed by atoms with van der Waals surface area (Å²) in [4.78, 5) is 22.9. The Kier molecular flexibility index (Phi) is 5.66. The molecule has 0 spiro atoms. The van der Waals surface area contributed by atoms with Crippen molar-refractivity contribution in [3.63, 3.8) is 0 Å². The lowest BCUT2D eigenvalue weighted by Crippen LogP contribution is -2.31. The molecule has 1 aromatic heterocycles. The van der Waals surface area contributed by atoms with Crippen LogP contribution in [-0.4, -0.2) is 35.7 Å². The summed E-state index contributed by atoms with van der Waals surface area (Å²) in [6, 6.07) is 6.88. The number of rotatable bonds is 5. The molecule has 1 fully saturated rings. The number of piperidine rings is 1. The van der Waals surface area contributed by atoms with Gasteiger partial charge in [-0.05, 0) is 50.5 Å². The molecular formula is C18H23N5O2. The number of ether oxygens (including phenoxy) is 1. The predicted molar refractivity (Wildman–Crippen MR) is 98.3 cm³/mol. The van der Waals surface area contributed by atoms with Gasteiger partial charge in [-0.25, -0.2) is 14.8 Å². The molecule has 25 heavy (non-hydrogen) atoms. The summed E-state index contributed by atoms with van der Waals surface area (Å²) in [5.41, 5.74) is 1.25. The van der Waals surface area contributed by atoms with Crippen molar-refractivity contribution in [2.24, 2.45) is 0 Å². The second kappa shape index (κ2) is 8.32. The summed E-state index contributed by atoms with van der Waals surface area (Å²) in [6.45, 7) is 4.52. The molecular weight excluding hydrogens is 318 g/mol. The Morgan fingerprint density at radius 2 is 1.68 bits per heavy atom. The van der Waals surface area contributed by atoms with Gasteiger partial charge in [0, 0.05) is 18.8 Å². The van der Waals surface area contributed by atoms with E-state index in [0.29, 0.717) is 18.0 Å². The second-order valence-electron chi connectivity index (χ2n) is 5.86. The van der Waals surface area contributed by atoms with Crippen LogP contribution in [0.3, 0.4) is 0 Å². The smallest absolute Gasteiger partial charge is 0.323 e. The van der Waals surface area contributed by atoms with Crippen molar-refractivity contribution < 1.29 is 9.53 Å². The monoisotopic (exact) mass is 341 g/mol. The first-order valence-corrected chi connectivity index (χ1v) is 8.62. The van der Waals surface area contributed by atoms with Crippen LogP contribution in [0.15, 0.2) is 36.7 Å². The quantitative estimate of drug-likeness (QED) is 0.870. The van der Waals surface area contributed by atoms with Crippen molar-refractivity contribution in [2.75, 3.05) is 35.2 Å². The molecule has 2 N–H and O–H groups in total. The predicted octanol–water partition coefficient (Wildman–Crippen LogP) is 3.51. The lowest BCUT2D eigenvalue weighted by atomic mass is 10.1. The van der Waals surface area contributed by atoms with E-state index in [1.807, 2.05) is 19.1 Å². The maximum absolute atomic E-state index is 12.1. The van der Waals surface area contributed by atoms with Gasteiger partial charge in [-0.1, -0.05) is 0 Å². The Bertz CT molecular complexity index is 682. The zero-order chi connectivity index (χ0) is 17.5. The Hall–Kier alpha value is -2.83. The number of anilines is 3. The number of carbonyl (C=O) groups excluding carboxylic acids is 1.